The van der Waals surface area contributed by atoms with E-state index >= 15 is 0 Å². The van der Waals surface area contributed by atoms with Crippen molar-refractivity contribution in [1.82, 2.24) is 0 Å². The van der Waals surface area contributed by atoms with Crippen LogP contribution in [0.15, 0.2) is 66.7 Å². The van der Waals surface area contributed by atoms with Crippen LogP contribution in [0.5, 0.6) is 0 Å². The van der Waals surface area contributed by atoms with Crippen LogP contribution >= 0.6 is 23.4 Å². The van der Waals surface area contributed by atoms with Crippen molar-refractivity contribution in [2.45, 2.75) is 18.7 Å². The van der Waals surface area contributed by atoms with Crippen molar-refractivity contribution in [3.8, 4) is 0 Å². The van der Waals surface area contributed by atoms with Gasteiger partial charge in [-0.15, -0.1) is 11.8 Å². The molecule has 172 valence electrons. The summed E-state index contributed by atoms with van der Waals surface area (Å²) in [7, 11) is 0. The van der Waals surface area contributed by atoms with Gasteiger partial charge in [0, 0.05) is 22.0 Å². The number of carbonyl (C=O) groups excluding carboxylic acids is 3. The number of benzene rings is 3. The lowest BCUT2D eigenvalue weighted by Crippen LogP contribution is -2.51. The van der Waals surface area contributed by atoms with Crippen LogP contribution in [-0.2, 0) is 19.3 Å². The fourth-order valence-corrected chi connectivity index (χ4v) is 6.15. The summed E-state index contributed by atoms with van der Waals surface area (Å²) in [6, 6.07) is 20.0. The number of carbonyl (C=O) groups is 3. The smallest absolute Gasteiger partial charge is 0.269 e. The Morgan fingerprint density at radius 2 is 1.71 bits per heavy atom. The number of rotatable bonds is 4. The first-order valence-electron chi connectivity index (χ1n) is 10.8. The zero-order valence-corrected chi connectivity index (χ0v) is 20.2. The van der Waals surface area contributed by atoms with Crippen LogP contribution in [0.2, 0.25) is 5.02 Å². The van der Waals surface area contributed by atoms with Gasteiger partial charge in [-0.05, 0) is 67.4 Å². The van der Waals surface area contributed by atoms with Crippen LogP contribution in [0.1, 0.15) is 16.7 Å². The number of anilines is 3. The topological polar surface area (TPSA) is 69.7 Å². The van der Waals surface area contributed by atoms with Crippen LogP contribution in [-0.4, -0.2) is 30.0 Å². The lowest BCUT2D eigenvalue weighted by Gasteiger charge is -2.33. The summed E-state index contributed by atoms with van der Waals surface area (Å²) in [5.74, 6) is -0.590. The molecule has 0 saturated carbocycles. The van der Waals surface area contributed by atoms with Crippen LogP contribution in [0.3, 0.4) is 0 Å². The van der Waals surface area contributed by atoms with Crippen molar-refractivity contribution in [2.75, 3.05) is 27.4 Å². The molecule has 1 fully saturated rings. The first-order valence-corrected chi connectivity index (χ1v) is 12.2. The van der Waals surface area contributed by atoms with Gasteiger partial charge in [-0.25, -0.2) is 0 Å². The summed E-state index contributed by atoms with van der Waals surface area (Å²) in [6.45, 7) is 3.76. The summed E-state index contributed by atoms with van der Waals surface area (Å²) >= 11 is 7.23. The number of fused-ring (bicyclic) bond motifs is 2. The van der Waals surface area contributed by atoms with E-state index in [1.165, 1.54) is 16.7 Å². The van der Waals surface area contributed by atoms with Crippen molar-refractivity contribution >= 4 is 58.1 Å². The number of halogens is 1. The maximum atomic E-state index is 14.0. The molecule has 2 aliphatic rings. The Balaban J connectivity index is 1.53. The predicted octanol–water partition coefficient (Wildman–Crippen LogP) is 4.87. The molecule has 5 rings (SSSR count). The maximum absolute atomic E-state index is 14.0. The number of hydrogen-bond acceptors (Lipinski definition) is 4. The van der Waals surface area contributed by atoms with E-state index in [9.17, 15) is 14.4 Å². The molecule has 34 heavy (non-hydrogen) atoms. The first-order chi connectivity index (χ1) is 16.3. The Labute approximate surface area is 206 Å². The van der Waals surface area contributed by atoms with Crippen LogP contribution in [0.4, 0.5) is 17.1 Å². The van der Waals surface area contributed by atoms with E-state index in [0.29, 0.717) is 27.6 Å². The van der Waals surface area contributed by atoms with Crippen molar-refractivity contribution < 1.29 is 14.4 Å². The van der Waals surface area contributed by atoms with Crippen molar-refractivity contribution in [3.63, 3.8) is 0 Å². The largest absolute Gasteiger partial charge is 0.325 e. The molecule has 2 heterocycles. The third kappa shape index (κ3) is 3.65. The molecule has 1 atom stereocenters. The van der Waals surface area contributed by atoms with Crippen molar-refractivity contribution in [1.29, 1.82) is 0 Å². The summed E-state index contributed by atoms with van der Waals surface area (Å²) in [5.41, 5.74) is 4.64. The van der Waals surface area contributed by atoms with Gasteiger partial charge >= 0.3 is 0 Å². The second kappa shape index (κ2) is 8.49. The van der Waals surface area contributed by atoms with E-state index in [1.54, 1.807) is 29.2 Å². The average Bonchev–Trinajstić information content (AvgIpc) is 3.26. The SMILES string of the molecule is Cc1cc(C)cc(N2C(=O)CS[C@@]23C(=O)N(CC(=O)Nc2ccc(Cl)cc2)c2ccccc23)c1. The minimum absolute atomic E-state index is 0.134. The van der Waals surface area contributed by atoms with Gasteiger partial charge in [0.2, 0.25) is 16.7 Å². The Hall–Kier alpha value is -3.29. The third-order valence-corrected chi connectivity index (χ3v) is 7.60. The molecule has 0 radical (unpaired) electrons. The Morgan fingerprint density at radius 1 is 1.03 bits per heavy atom. The van der Waals surface area contributed by atoms with E-state index in [1.807, 2.05) is 56.3 Å². The number of para-hydroxylation sites is 1. The quantitative estimate of drug-likeness (QED) is 0.565. The maximum Gasteiger partial charge on any atom is 0.269 e. The second-order valence-corrected chi connectivity index (χ2v) is 10.1. The molecule has 0 aliphatic carbocycles. The van der Waals surface area contributed by atoms with Gasteiger partial charge in [-0.3, -0.25) is 24.2 Å². The standard InChI is InChI=1S/C26H22ClN3O3S/c1-16-11-17(2)13-20(12-16)30-24(32)15-34-26(30)21-5-3-4-6-22(21)29(25(26)33)14-23(31)28-19-9-7-18(27)8-10-19/h3-13H,14-15H2,1-2H3,(H,28,31)/t26-/m0/s1. The fourth-order valence-electron chi connectivity index (χ4n) is 4.67. The fraction of sp³-hybridized carbons (Fsp3) is 0.192. The molecule has 8 heteroatoms. The highest BCUT2D eigenvalue weighted by Gasteiger charge is 2.61. The summed E-state index contributed by atoms with van der Waals surface area (Å²) in [6.07, 6.45) is 0. The van der Waals surface area contributed by atoms with E-state index in [-0.39, 0.29) is 30.0 Å². The normalized spacial score (nSPS) is 19.1. The monoisotopic (exact) mass is 491 g/mol. The molecular formula is C26H22ClN3O3S. The molecule has 6 nitrogen and oxygen atoms in total. The molecule has 3 aromatic carbocycles. The number of nitrogens with zero attached hydrogens (tertiary/aromatic N) is 2. The van der Waals surface area contributed by atoms with Crippen molar-refractivity contribution in [3.05, 3.63) is 88.4 Å². The van der Waals surface area contributed by atoms with Gasteiger partial charge in [0.05, 0.1) is 11.4 Å². The van der Waals surface area contributed by atoms with Crippen LogP contribution in [0, 0.1) is 13.8 Å². The van der Waals surface area contributed by atoms with Crippen LogP contribution in [0.25, 0.3) is 0 Å². The predicted molar refractivity (Wildman–Crippen MR) is 136 cm³/mol. The molecule has 1 spiro atoms. The number of nitrogens with one attached hydrogen (secondary N) is 1. The minimum Gasteiger partial charge on any atom is -0.325 e. The number of hydrogen-bond donors (Lipinski definition) is 1. The Kier molecular flexibility index (Phi) is 5.62. The van der Waals surface area contributed by atoms with Gasteiger partial charge in [0.25, 0.3) is 5.91 Å². The molecule has 0 bridgehead atoms. The zero-order chi connectivity index (χ0) is 24.0. The Morgan fingerprint density at radius 3 is 2.41 bits per heavy atom. The van der Waals surface area contributed by atoms with Crippen molar-refractivity contribution in [2.24, 2.45) is 0 Å². The van der Waals surface area contributed by atoms with E-state index in [2.05, 4.69) is 5.32 Å². The molecule has 0 unspecified atom stereocenters. The number of amides is 3. The van der Waals surface area contributed by atoms with Gasteiger partial charge < -0.3 is 5.32 Å². The van der Waals surface area contributed by atoms with Gasteiger partial charge in [0.15, 0.2) is 0 Å². The summed E-state index contributed by atoms with van der Waals surface area (Å²) < 4.78 is 0. The average molecular weight is 492 g/mol. The molecule has 1 saturated heterocycles. The highest BCUT2D eigenvalue weighted by atomic mass is 35.5. The Bertz CT molecular complexity index is 1310. The lowest BCUT2D eigenvalue weighted by atomic mass is 10.0. The number of thioether (sulfide) groups is 1. The van der Waals surface area contributed by atoms with E-state index in [4.69, 9.17) is 11.6 Å². The summed E-state index contributed by atoms with van der Waals surface area (Å²) in [4.78, 5) is 41.9. The first kappa shape index (κ1) is 22.5. The molecule has 1 N–H and O–H groups in total. The number of aryl methyl sites for hydroxylation is 2. The minimum atomic E-state index is -1.24. The molecule has 3 amide bonds. The molecular weight excluding hydrogens is 470 g/mol. The van der Waals surface area contributed by atoms with Crippen LogP contribution < -0.4 is 15.1 Å². The zero-order valence-electron chi connectivity index (χ0n) is 18.7. The second-order valence-electron chi connectivity index (χ2n) is 8.47. The highest BCUT2D eigenvalue weighted by Crippen LogP contribution is 2.55. The van der Waals surface area contributed by atoms with E-state index in [0.717, 1.165) is 11.1 Å². The van der Waals surface area contributed by atoms with Gasteiger partial charge in [-0.2, -0.15) is 0 Å². The third-order valence-electron chi connectivity index (χ3n) is 5.96. The summed E-state index contributed by atoms with van der Waals surface area (Å²) in [5, 5.41) is 3.38. The van der Waals surface area contributed by atoms with Gasteiger partial charge in [-0.1, -0.05) is 35.9 Å². The highest BCUT2D eigenvalue weighted by molar-refractivity contribution is 8.02. The molecule has 2 aliphatic heterocycles. The molecule has 3 aromatic rings. The molecule has 0 aromatic heterocycles. The lowest BCUT2D eigenvalue weighted by molar-refractivity contribution is -0.124. The van der Waals surface area contributed by atoms with Gasteiger partial charge in [0.1, 0.15) is 6.54 Å². The van der Waals surface area contributed by atoms with E-state index < -0.39 is 4.87 Å².